The SMILES string of the molecule is O=C([O-])c1cccc(NC(=O)[C@H]2CC(=O)N(c3ccc(F)cc3)C2)c1. The average Bonchev–Trinajstić information content (AvgIpc) is 2.98. The summed E-state index contributed by atoms with van der Waals surface area (Å²) in [6.07, 6.45) is 0.0311. The van der Waals surface area contributed by atoms with Crippen LogP contribution in [0.2, 0.25) is 0 Å². The molecule has 1 heterocycles. The van der Waals surface area contributed by atoms with Crippen LogP contribution < -0.4 is 15.3 Å². The Balaban J connectivity index is 1.69. The fourth-order valence-corrected chi connectivity index (χ4v) is 2.72. The molecule has 0 unspecified atom stereocenters. The predicted molar refractivity (Wildman–Crippen MR) is 86.3 cm³/mol. The molecule has 6 nitrogen and oxygen atoms in total. The number of hydrogen-bond acceptors (Lipinski definition) is 4. The van der Waals surface area contributed by atoms with Gasteiger partial charge < -0.3 is 20.1 Å². The Bertz CT molecular complexity index is 835. The number of hydrogen-bond donors (Lipinski definition) is 1. The Morgan fingerprint density at radius 1 is 1.16 bits per heavy atom. The van der Waals surface area contributed by atoms with Gasteiger partial charge in [0.15, 0.2) is 0 Å². The number of carboxylic acid groups (broad SMARTS) is 1. The Morgan fingerprint density at radius 3 is 2.56 bits per heavy atom. The highest BCUT2D eigenvalue weighted by Crippen LogP contribution is 2.26. The summed E-state index contributed by atoms with van der Waals surface area (Å²) in [5, 5.41) is 13.5. The molecule has 0 saturated carbocycles. The minimum absolute atomic E-state index is 0.0311. The minimum Gasteiger partial charge on any atom is -0.545 e. The lowest BCUT2D eigenvalue weighted by atomic mass is 10.1. The van der Waals surface area contributed by atoms with E-state index in [0.717, 1.165) is 0 Å². The van der Waals surface area contributed by atoms with Crippen LogP contribution >= 0.6 is 0 Å². The predicted octanol–water partition coefficient (Wildman–Crippen LogP) is 1.18. The van der Waals surface area contributed by atoms with E-state index in [1.807, 2.05) is 0 Å². The molecule has 0 bridgehead atoms. The third kappa shape index (κ3) is 3.65. The number of amides is 2. The van der Waals surface area contributed by atoms with Crippen molar-refractivity contribution >= 4 is 29.2 Å². The largest absolute Gasteiger partial charge is 0.545 e. The van der Waals surface area contributed by atoms with Crippen molar-refractivity contribution < 1.29 is 23.9 Å². The number of anilines is 2. The Morgan fingerprint density at radius 2 is 1.88 bits per heavy atom. The van der Waals surface area contributed by atoms with Crippen LogP contribution in [0.15, 0.2) is 48.5 Å². The number of carboxylic acids is 1. The van der Waals surface area contributed by atoms with Gasteiger partial charge in [-0.25, -0.2) is 4.39 Å². The number of halogens is 1. The van der Waals surface area contributed by atoms with E-state index in [4.69, 9.17) is 0 Å². The van der Waals surface area contributed by atoms with Gasteiger partial charge in [0, 0.05) is 24.3 Å². The van der Waals surface area contributed by atoms with E-state index in [-0.39, 0.29) is 30.3 Å². The second kappa shape index (κ2) is 6.72. The lowest BCUT2D eigenvalue weighted by Crippen LogP contribution is -2.28. The molecule has 2 aromatic rings. The Labute approximate surface area is 142 Å². The lowest BCUT2D eigenvalue weighted by Gasteiger charge is -2.16. The second-order valence-corrected chi connectivity index (χ2v) is 5.74. The fraction of sp³-hybridized carbons (Fsp3) is 0.167. The molecule has 0 aliphatic carbocycles. The number of rotatable bonds is 4. The smallest absolute Gasteiger partial charge is 0.229 e. The van der Waals surface area contributed by atoms with Crippen molar-refractivity contribution in [3.8, 4) is 0 Å². The highest BCUT2D eigenvalue weighted by molar-refractivity contribution is 6.03. The number of carbonyl (C=O) groups is 3. The van der Waals surface area contributed by atoms with Gasteiger partial charge in [0.05, 0.1) is 11.9 Å². The molecule has 1 saturated heterocycles. The first-order chi connectivity index (χ1) is 11.9. The maximum atomic E-state index is 13.0. The summed E-state index contributed by atoms with van der Waals surface area (Å²) in [5.41, 5.74) is 0.799. The van der Waals surface area contributed by atoms with Crippen LogP contribution in [0.25, 0.3) is 0 Å². The molecule has 128 valence electrons. The first-order valence-corrected chi connectivity index (χ1v) is 7.62. The number of aromatic carboxylic acids is 1. The molecule has 25 heavy (non-hydrogen) atoms. The van der Waals surface area contributed by atoms with Gasteiger partial charge in [0.25, 0.3) is 0 Å². The zero-order valence-corrected chi connectivity index (χ0v) is 13.1. The van der Waals surface area contributed by atoms with E-state index in [9.17, 15) is 23.9 Å². The summed E-state index contributed by atoms with van der Waals surface area (Å²) in [7, 11) is 0. The number of nitrogens with one attached hydrogen (secondary N) is 1. The molecule has 2 amide bonds. The van der Waals surface area contributed by atoms with E-state index in [1.54, 1.807) is 6.07 Å². The van der Waals surface area contributed by atoms with Crippen LogP contribution in [0.1, 0.15) is 16.8 Å². The summed E-state index contributed by atoms with van der Waals surface area (Å²) in [4.78, 5) is 36.8. The summed E-state index contributed by atoms with van der Waals surface area (Å²) in [6, 6.07) is 11.2. The van der Waals surface area contributed by atoms with Gasteiger partial charge in [-0.1, -0.05) is 12.1 Å². The van der Waals surface area contributed by atoms with Crippen molar-refractivity contribution in [3.05, 3.63) is 59.9 Å². The zero-order chi connectivity index (χ0) is 18.0. The monoisotopic (exact) mass is 341 g/mol. The lowest BCUT2D eigenvalue weighted by molar-refractivity contribution is -0.255. The van der Waals surface area contributed by atoms with Crippen molar-refractivity contribution in [1.29, 1.82) is 0 Å². The molecular weight excluding hydrogens is 327 g/mol. The highest BCUT2D eigenvalue weighted by Gasteiger charge is 2.35. The maximum Gasteiger partial charge on any atom is 0.229 e. The van der Waals surface area contributed by atoms with E-state index >= 15 is 0 Å². The van der Waals surface area contributed by atoms with Gasteiger partial charge in [-0.3, -0.25) is 9.59 Å². The molecule has 7 heteroatoms. The first kappa shape index (κ1) is 16.6. The third-order valence-corrected chi connectivity index (χ3v) is 4.00. The number of carbonyl (C=O) groups excluding carboxylic acids is 3. The van der Waals surface area contributed by atoms with Crippen LogP contribution in [0.3, 0.4) is 0 Å². The van der Waals surface area contributed by atoms with Crippen molar-refractivity contribution in [2.75, 3.05) is 16.8 Å². The molecular formula is C18H14FN2O4-. The van der Waals surface area contributed by atoms with Gasteiger partial charge in [-0.2, -0.15) is 0 Å². The first-order valence-electron chi connectivity index (χ1n) is 7.62. The van der Waals surface area contributed by atoms with Crippen LogP contribution in [0.5, 0.6) is 0 Å². The van der Waals surface area contributed by atoms with Crippen molar-refractivity contribution in [2.45, 2.75) is 6.42 Å². The van der Waals surface area contributed by atoms with Crippen LogP contribution in [-0.4, -0.2) is 24.3 Å². The van der Waals surface area contributed by atoms with Crippen molar-refractivity contribution in [3.63, 3.8) is 0 Å². The minimum atomic E-state index is -1.34. The molecule has 1 fully saturated rings. The quantitative estimate of drug-likeness (QED) is 0.904. The molecule has 1 aliphatic rings. The van der Waals surface area contributed by atoms with E-state index in [1.165, 1.54) is 47.4 Å². The fourth-order valence-electron chi connectivity index (χ4n) is 2.72. The van der Waals surface area contributed by atoms with E-state index in [0.29, 0.717) is 11.4 Å². The van der Waals surface area contributed by atoms with Crippen LogP contribution in [0, 0.1) is 11.7 Å². The summed E-state index contributed by atoms with van der Waals surface area (Å²) < 4.78 is 13.0. The van der Waals surface area contributed by atoms with E-state index < -0.39 is 17.7 Å². The molecule has 1 aliphatic heterocycles. The van der Waals surface area contributed by atoms with Crippen molar-refractivity contribution in [1.82, 2.24) is 0 Å². The summed E-state index contributed by atoms with van der Waals surface area (Å²) in [6.45, 7) is 0.177. The van der Waals surface area contributed by atoms with Gasteiger partial charge in [-0.15, -0.1) is 0 Å². The van der Waals surface area contributed by atoms with Gasteiger partial charge in [0.1, 0.15) is 5.82 Å². The van der Waals surface area contributed by atoms with Gasteiger partial charge >= 0.3 is 0 Å². The van der Waals surface area contributed by atoms with Crippen LogP contribution in [0.4, 0.5) is 15.8 Å². The summed E-state index contributed by atoms with van der Waals surface area (Å²) >= 11 is 0. The zero-order valence-electron chi connectivity index (χ0n) is 13.1. The normalized spacial score (nSPS) is 16.8. The molecule has 3 rings (SSSR count). The van der Waals surface area contributed by atoms with Crippen molar-refractivity contribution in [2.24, 2.45) is 5.92 Å². The Kier molecular flexibility index (Phi) is 4.47. The van der Waals surface area contributed by atoms with Gasteiger partial charge in [0.2, 0.25) is 11.8 Å². The standard InChI is InChI=1S/C18H15FN2O4/c19-13-4-6-15(7-5-13)21-10-12(9-16(21)22)17(23)20-14-3-1-2-11(8-14)18(24)25/h1-8,12H,9-10H2,(H,20,23)(H,24,25)/p-1/t12-/m0/s1. The molecule has 0 radical (unpaired) electrons. The van der Waals surface area contributed by atoms with Crippen LogP contribution in [-0.2, 0) is 9.59 Å². The van der Waals surface area contributed by atoms with E-state index in [2.05, 4.69) is 5.32 Å². The molecule has 0 aromatic heterocycles. The number of nitrogens with zero attached hydrogens (tertiary/aromatic N) is 1. The second-order valence-electron chi connectivity index (χ2n) is 5.74. The molecule has 1 N–H and O–H groups in total. The Hall–Kier alpha value is -3.22. The molecule has 2 aromatic carbocycles. The molecule has 1 atom stereocenters. The summed E-state index contributed by atoms with van der Waals surface area (Å²) in [5.74, 6) is -2.93. The molecule has 0 spiro atoms. The average molecular weight is 341 g/mol. The topological polar surface area (TPSA) is 89.5 Å². The highest BCUT2D eigenvalue weighted by atomic mass is 19.1. The number of benzene rings is 2. The van der Waals surface area contributed by atoms with Gasteiger partial charge in [-0.05, 0) is 42.0 Å². The third-order valence-electron chi connectivity index (χ3n) is 4.00. The maximum absolute atomic E-state index is 13.0.